The zero-order chi connectivity index (χ0) is 11.8. The third-order valence-corrected chi connectivity index (χ3v) is 3.64. The van der Waals surface area contributed by atoms with Crippen LogP contribution in [0.5, 0.6) is 0 Å². The van der Waals surface area contributed by atoms with Crippen LogP contribution in [-0.2, 0) is 0 Å². The minimum absolute atomic E-state index is 0.208. The van der Waals surface area contributed by atoms with E-state index in [-0.39, 0.29) is 12.1 Å². The van der Waals surface area contributed by atoms with E-state index >= 15 is 0 Å². The number of likely N-dealkylation sites (tertiary alicyclic amines) is 1. The molecule has 3 rings (SSSR count). The summed E-state index contributed by atoms with van der Waals surface area (Å²) in [5.74, 6) is 0. The van der Waals surface area contributed by atoms with Crippen LogP contribution in [0, 0.1) is 0 Å². The number of likely N-dealkylation sites (N-methyl/N-ethyl adjacent to an activating group) is 1. The molecule has 0 spiro atoms. The molecule has 4 nitrogen and oxygen atoms in total. The van der Waals surface area contributed by atoms with Crippen LogP contribution < -0.4 is 5.73 Å². The van der Waals surface area contributed by atoms with Crippen LogP contribution in [0.15, 0.2) is 30.6 Å². The Kier molecular flexibility index (Phi) is 2.61. The molecule has 2 N–H and O–H groups in total. The lowest BCUT2D eigenvalue weighted by Crippen LogP contribution is -2.31. The molecule has 0 radical (unpaired) electrons. The van der Waals surface area contributed by atoms with Gasteiger partial charge in [0, 0.05) is 25.0 Å². The van der Waals surface area contributed by atoms with E-state index in [9.17, 15) is 0 Å². The fourth-order valence-corrected chi connectivity index (χ4v) is 2.74. The molecule has 90 valence electrons. The highest BCUT2D eigenvalue weighted by Gasteiger charge is 2.33. The summed E-state index contributed by atoms with van der Waals surface area (Å²) in [6, 6.07) is 6.54. The Bertz CT molecular complexity index is 486. The van der Waals surface area contributed by atoms with Gasteiger partial charge in [0.25, 0.3) is 0 Å². The molecule has 0 bridgehead atoms. The zero-order valence-corrected chi connectivity index (χ0v) is 10.1. The average molecular weight is 230 g/mol. The van der Waals surface area contributed by atoms with Gasteiger partial charge in [0.05, 0.1) is 11.7 Å². The Morgan fingerprint density at radius 3 is 3.12 bits per heavy atom. The van der Waals surface area contributed by atoms with Gasteiger partial charge in [-0.15, -0.1) is 0 Å². The highest BCUT2D eigenvalue weighted by molar-refractivity contribution is 5.40. The SMILES string of the molecule is CCN1CCC(N)C1c1cn2ccccc2n1. The van der Waals surface area contributed by atoms with Crippen molar-refractivity contribution in [2.75, 3.05) is 13.1 Å². The molecule has 0 saturated carbocycles. The van der Waals surface area contributed by atoms with Gasteiger partial charge in [-0.1, -0.05) is 13.0 Å². The highest BCUT2D eigenvalue weighted by atomic mass is 15.2. The monoisotopic (exact) mass is 230 g/mol. The molecule has 2 atom stereocenters. The third kappa shape index (κ3) is 1.73. The zero-order valence-electron chi connectivity index (χ0n) is 10.1. The third-order valence-electron chi connectivity index (χ3n) is 3.64. The summed E-state index contributed by atoms with van der Waals surface area (Å²) < 4.78 is 2.06. The number of fused-ring (bicyclic) bond motifs is 1. The van der Waals surface area contributed by atoms with Crippen LogP contribution in [0.1, 0.15) is 25.1 Å². The first-order valence-corrected chi connectivity index (χ1v) is 6.23. The molecule has 1 aliphatic rings. The van der Waals surface area contributed by atoms with Crippen molar-refractivity contribution >= 4 is 5.65 Å². The van der Waals surface area contributed by atoms with E-state index in [1.54, 1.807) is 0 Å². The van der Waals surface area contributed by atoms with Gasteiger partial charge < -0.3 is 10.1 Å². The first kappa shape index (κ1) is 10.7. The van der Waals surface area contributed by atoms with E-state index in [0.29, 0.717) is 0 Å². The number of pyridine rings is 1. The fourth-order valence-electron chi connectivity index (χ4n) is 2.74. The van der Waals surface area contributed by atoms with Crippen LogP contribution in [-0.4, -0.2) is 33.4 Å². The van der Waals surface area contributed by atoms with Crippen LogP contribution in [0.2, 0.25) is 0 Å². The van der Waals surface area contributed by atoms with Crippen LogP contribution >= 0.6 is 0 Å². The van der Waals surface area contributed by atoms with Crippen molar-refractivity contribution in [1.82, 2.24) is 14.3 Å². The number of rotatable bonds is 2. The number of nitrogens with zero attached hydrogens (tertiary/aromatic N) is 3. The van der Waals surface area contributed by atoms with Crippen molar-refractivity contribution in [3.05, 3.63) is 36.3 Å². The molecular formula is C13H18N4. The maximum atomic E-state index is 6.21. The van der Waals surface area contributed by atoms with Crippen LogP contribution in [0.25, 0.3) is 5.65 Å². The summed E-state index contributed by atoms with van der Waals surface area (Å²) >= 11 is 0. The number of nitrogens with two attached hydrogens (primary N) is 1. The Morgan fingerprint density at radius 1 is 1.47 bits per heavy atom. The largest absolute Gasteiger partial charge is 0.326 e. The molecule has 2 aromatic heterocycles. The number of hydrogen-bond acceptors (Lipinski definition) is 3. The van der Waals surface area contributed by atoms with Gasteiger partial charge in [-0.3, -0.25) is 4.90 Å². The van der Waals surface area contributed by atoms with E-state index in [0.717, 1.165) is 30.9 Å². The number of hydrogen-bond donors (Lipinski definition) is 1. The number of imidazole rings is 1. The van der Waals surface area contributed by atoms with Crippen molar-refractivity contribution in [2.24, 2.45) is 5.73 Å². The highest BCUT2D eigenvalue weighted by Crippen LogP contribution is 2.30. The summed E-state index contributed by atoms with van der Waals surface area (Å²) in [7, 11) is 0. The lowest BCUT2D eigenvalue weighted by molar-refractivity contribution is 0.257. The van der Waals surface area contributed by atoms with E-state index in [2.05, 4.69) is 27.4 Å². The minimum atomic E-state index is 0.208. The second-order valence-corrected chi connectivity index (χ2v) is 4.66. The van der Waals surface area contributed by atoms with Crippen molar-refractivity contribution in [2.45, 2.75) is 25.4 Å². The minimum Gasteiger partial charge on any atom is -0.326 e. The average Bonchev–Trinajstić information content (AvgIpc) is 2.91. The summed E-state index contributed by atoms with van der Waals surface area (Å²) in [5, 5.41) is 0. The van der Waals surface area contributed by atoms with Crippen LogP contribution in [0.4, 0.5) is 0 Å². The normalized spacial score (nSPS) is 25.8. The standard InChI is InChI=1S/C13H18N4/c1-2-16-8-6-10(14)13(16)11-9-17-7-4-3-5-12(17)15-11/h3-5,7,9-10,13H,2,6,8,14H2,1H3. The van der Waals surface area contributed by atoms with Crippen LogP contribution in [0.3, 0.4) is 0 Å². The van der Waals surface area contributed by atoms with Crippen molar-refractivity contribution in [1.29, 1.82) is 0 Å². The van der Waals surface area contributed by atoms with Gasteiger partial charge in [0.1, 0.15) is 5.65 Å². The van der Waals surface area contributed by atoms with Gasteiger partial charge in [-0.05, 0) is 25.1 Å². The molecule has 17 heavy (non-hydrogen) atoms. The Hall–Kier alpha value is -1.39. The summed E-state index contributed by atoms with van der Waals surface area (Å²) in [6.45, 7) is 4.29. The molecule has 1 aliphatic heterocycles. The molecule has 0 amide bonds. The Balaban J connectivity index is 2.02. The first-order chi connectivity index (χ1) is 8.29. The summed E-state index contributed by atoms with van der Waals surface area (Å²) in [5.41, 5.74) is 8.31. The number of aromatic nitrogens is 2. The first-order valence-electron chi connectivity index (χ1n) is 6.23. The van der Waals surface area contributed by atoms with Gasteiger partial charge in [0.15, 0.2) is 0 Å². The van der Waals surface area contributed by atoms with E-state index < -0.39 is 0 Å². The van der Waals surface area contributed by atoms with Crippen molar-refractivity contribution in [3.63, 3.8) is 0 Å². The molecule has 0 aliphatic carbocycles. The van der Waals surface area contributed by atoms with E-state index in [1.807, 2.05) is 24.4 Å². The fraction of sp³-hybridized carbons (Fsp3) is 0.462. The quantitative estimate of drug-likeness (QED) is 0.849. The summed E-state index contributed by atoms with van der Waals surface area (Å²) in [4.78, 5) is 7.09. The van der Waals surface area contributed by atoms with Gasteiger partial charge in [-0.2, -0.15) is 0 Å². The second kappa shape index (κ2) is 4.13. The predicted octanol–water partition coefficient (Wildman–Crippen LogP) is 1.43. The Morgan fingerprint density at radius 2 is 2.35 bits per heavy atom. The molecule has 1 fully saturated rings. The lowest BCUT2D eigenvalue weighted by Gasteiger charge is -2.23. The van der Waals surface area contributed by atoms with Crippen molar-refractivity contribution < 1.29 is 0 Å². The maximum Gasteiger partial charge on any atom is 0.137 e. The van der Waals surface area contributed by atoms with Gasteiger partial charge >= 0.3 is 0 Å². The second-order valence-electron chi connectivity index (χ2n) is 4.66. The van der Waals surface area contributed by atoms with Gasteiger partial charge in [0.2, 0.25) is 0 Å². The molecule has 1 saturated heterocycles. The van der Waals surface area contributed by atoms with Crippen molar-refractivity contribution in [3.8, 4) is 0 Å². The van der Waals surface area contributed by atoms with Gasteiger partial charge in [-0.25, -0.2) is 4.98 Å². The summed E-state index contributed by atoms with van der Waals surface area (Å²) in [6.07, 6.45) is 5.20. The molecule has 3 heterocycles. The predicted molar refractivity (Wildman–Crippen MR) is 67.8 cm³/mol. The topological polar surface area (TPSA) is 46.6 Å². The lowest BCUT2D eigenvalue weighted by atomic mass is 10.1. The van der Waals surface area contributed by atoms with E-state index in [4.69, 9.17) is 5.73 Å². The molecular weight excluding hydrogens is 212 g/mol. The molecule has 2 aromatic rings. The smallest absolute Gasteiger partial charge is 0.137 e. The van der Waals surface area contributed by atoms with E-state index in [1.165, 1.54) is 0 Å². The molecule has 0 aromatic carbocycles. The Labute approximate surface area is 101 Å². The molecule has 4 heteroatoms. The maximum absolute atomic E-state index is 6.21. The molecule has 2 unspecified atom stereocenters.